The SMILES string of the molecule is Fc1sc2c(oc3ccccc32)c1Sc1ccccc1. The van der Waals surface area contributed by atoms with E-state index < -0.39 is 0 Å². The molecule has 4 rings (SSSR count). The fourth-order valence-electron chi connectivity index (χ4n) is 2.19. The number of thiophene rings is 1. The smallest absolute Gasteiger partial charge is 0.194 e. The summed E-state index contributed by atoms with van der Waals surface area (Å²) in [5.74, 6) is 0. The monoisotopic (exact) mass is 300 g/mol. The second-order valence-electron chi connectivity index (χ2n) is 4.38. The third-order valence-electron chi connectivity index (χ3n) is 3.09. The molecule has 1 nitrogen and oxygen atoms in total. The Morgan fingerprint density at radius 3 is 2.55 bits per heavy atom. The van der Waals surface area contributed by atoms with Gasteiger partial charge < -0.3 is 4.42 Å². The lowest BCUT2D eigenvalue weighted by molar-refractivity contribution is 0.615. The number of hydrogen-bond acceptors (Lipinski definition) is 3. The van der Waals surface area contributed by atoms with Crippen LogP contribution in [0.3, 0.4) is 0 Å². The van der Waals surface area contributed by atoms with Gasteiger partial charge >= 0.3 is 0 Å². The van der Waals surface area contributed by atoms with Crippen LogP contribution in [0.5, 0.6) is 0 Å². The molecule has 0 saturated heterocycles. The van der Waals surface area contributed by atoms with Crippen molar-refractivity contribution in [3.8, 4) is 0 Å². The topological polar surface area (TPSA) is 13.1 Å². The molecule has 0 radical (unpaired) electrons. The zero-order chi connectivity index (χ0) is 13.5. The quantitative estimate of drug-likeness (QED) is 0.454. The summed E-state index contributed by atoms with van der Waals surface area (Å²) in [5, 5.41) is 0.796. The zero-order valence-corrected chi connectivity index (χ0v) is 11.9. The Labute approximate surface area is 123 Å². The molecule has 0 fully saturated rings. The third kappa shape index (κ3) is 1.84. The van der Waals surface area contributed by atoms with Gasteiger partial charge in [0.1, 0.15) is 10.5 Å². The zero-order valence-electron chi connectivity index (χ0n) is 10.3. The fraction of sp³-hybridized carbons (Fsp3) is 0. The van der Waals surface area contributed by atoms with Gasteiger partial charge in [-0.2, -0.15) is 4.39 Å². The van der Waals surface area contributed by atoms with Gasteiger partial charge in [-0.25, -0.2) is 0 Å². The van der Waals surface area contributed by atoms with Crippen molar-refractivity contribution >= 4 is 44.4 Å². The molecule has 4 aromatic rings. The van der Waals surface area contributed by atoms with Crippen molar-refractivity contribution < 1.29 is 8.81 Å². The van der Waals surface area contributed by atoms with E-state index in [4.69, 9.17) is 4.42 Å². The highest BCUT2D eigenvalue weighted by molar-refractivity contribution is 7.99. The average Bonchev–Trinajstić information content (AvgIpc) is 2.98. The summed E-state index contributed by atoms with van der Waals surface area (Å²) < 4.78 is 20.9. The summed E-state index contributed by atoms with van der Waals surface area (Å²) in [4.78, 5) is 1.58. The van der Waals surface area contributed by atoms with Crippen molar-refractivity contribution in [2.45, 2.75) is 9.79 Å². The van der Waals surface area contributed by atoms with E-state index in [2.05, 4.69) is 0 Å². The van der Waals surface area contributed by atoms with E-state index in [0.29, 0.717) is 10.5 Å². The number of rotatable bonds is 2. The Kier molecular flexibility index (Phi) is 2.79. The van der Waals surface area contributed by atoms with Gasteiger partial charge in [0.05, 0.1) is 4.70 Å². The number of hydrogen-bond donors (Lipinski definition) is 0. The average molecular weight is 300 g/mol. The van der Waals surface area contributed by atoms with Crippen LogP contribution < -0.4 is 0 Å². The molecule has 0 aliphatic rings. The first-order valence-corrected chi connectivity index (χ1v) is 7.78. The van der Waals surface area contributed by atoms with Crippen LogP contribution in [-0.2, 0) is 0 Å². The van der Waals surface area contributed by atoms with Gasteiger partial charge in [-0.05, 0) is 24.3 Å². The highest BCUT2D eigenvalue weighted by Gasteiger charge is 2.19. The summed E-state index contributed by atoms with van der Waals surface area (Å²) in [6.45, 7) is 0. The summed E-state index contributed by atoms with van der Waals surface area (Å²) in [6, 6.07) is 17.5. The molecular weight excluding hydrogens is 291 g/mol. The maximum atomic E-state index is 14.2. The van der Waals surface area contributed by atoms with Crippen LogP contribution in [0.2, 0.25) is 0 Å². The minimum absolute atomic E-state index is 0.182. The highest BCUT2D eigenvalue weighted by atomic mass is 32.2. The van der Waals surface area contributed by atoms with Gasteiger partial charge in [0.15, 0.2) is 10.7 Å². The van der Waals surface area contributed by atoms with Crippen LogP contribution >= 0.6 is 23.1 Å². The van der Waals surface area contributed by atoms with Crippen molar-refractivity contribution in [3.63, 3.8) is 0 Å². The Balaban J connectivity index is 1.92. The second kappa shape index (κ2) is 4.65. The van der Waals surface area contributed by atoms with Crippen LogP contribution in [0.4, 0.5) is 4.39 Å². The van der Waals surface area contributed by atoms with Gasteiger partial charge in [0.2, 0.25) is 0 Å². The van der Waals surface area contributed by atoms with Crippen molar-refractivity contribution in [2.24, 2.45) is 0 Å². The molecule has 0 unspecified atom stereocenters. The van der Waals surface area contributed by atoms with Gasteiger partial charge in [0.25, 0.3) is 0 Å². The fourth-order valence-corrected chi connectivity index (χ4v) is 4.23. The van der Waals surface area contributed by atoms with Gasteiger partial charge in [-0.3, -0.25) is 0 Å². The molecule has 0 aliphatic heterocycles. The van der Waals surface area contributed by atoms with E-state index in [1.807, 2.05) is 54.6 Å². The molecule has 0 atom stereocenters. The standard InChI is InChI=1S/C16H9FOS2/c17-16-15(19-10-6-2-1-3-7-10)13-14(20-16)11-8-4-5-9-12(11)18-13/h1-9H. The third-order valence-corrected chi connectivity index (χ3v) is 5.29. The summed E-state index contributed by atoms with van der Waals surface area (Å²) in [5.41, 5.74) is 1.46. The molecule has 2 aromatic carbocycles. The van der Waals surface area contributed by atoms with E-state index in [-0.39, 0.29) is 5.13 Å². The first kappa shape index (κ1) is 12.0. The molecule has 0 bridgehead atoms. The highest BCUT2D eigenvalue weighted by Crippen LogP contribution is 2.44. The second-order valence-corrected chi connectivity index (χ2v) is 6.43. The summed E-state index contributed by atoms with van der Waals surface area (Å²) in [7, 11) is 0. The molecule has 20 heavy (non-hydrogen) atoms. The maximum Gasteiger partial charge on any atom is 0.194 e. The molecule has 4 heteroatoms. The predicted molar refractivity (Wildman–Crippen MR) is 82.1 cm³/mol. The number of benzene rings is 2. The van der Waals surface area contributed by atoms with E-state index in [0.717, 1.165) is 31.9 Å². The lowest BCUT2D eigenvalue weighted by atomic mass is 10.2. The van der Waals surface area contributed by atoms with Gasteiger partial charge in [-0.15, -0.1) is 11.3 Å². The number of furan rings is 1. The number of halogens is 1. The number of fused-ring (bicyclic) bond motifs is 3. The van der Waals surface area contributed by atoms with Crippen LogP contribution in [0.15, 0.2) is 68.8 Å². The molecule has 98 valence electrons. The molecule has 0 saturated carbocycles. The molecule has 0 amide bonds. The van der Waals surface area contributed by atoms with Crippen LogP contribution in [0.25, 0.3) is 21.3 Å². The molecule has 0 aliphatic carbocycles. The van der Waals surface area contributed by atoms with Crippen LogP contribution in [-0.4, -0.2) is 0 Å². The van der Waals surface area contributed by atoms with E-state index in [1.165, 1.54) is 11.8 Å². The van der Waals surface area contributed by atoms with Crippen molar-refractivity contribution in [1.82, 2.24) is 0 Å². The van der Waals surface area contributed by atoms with E-state index >= 15 is 0 Å². The molecule has 0 N–H and O–H groups in total. The van der Waals surface area contributed by atoms with Gasteiger partial charge in [0, 0.05) is 10.3 Å². The largest absolute Gasteiger partial charge is 0.454 e. The normalized spacial score (nSPS) is 11.4. The van der Waals surface area contributed by atoms with Crippen LogP contribution in [0.1, 0.15) is 0 Å². The lowest BCUT2D eigenvalue weighted by Crippen LogP contribution is -1.73. The van der Waals surface area contributed by atoms with Crippen molar-refractivity contribution in [3.05, 3.63) is 59.7 Å². The predicted octanol–water partition coefficient (Wildman–Crippen LogP) is 5.94. The summed E-state index contributed by atoms with van der Waals surface area (Å²) in [6.07, 6.45) is 0. The Morgan fingerprint density at radius 1 is 0.950 bits per heavy atom. The molecule has 0 spiro atoms. The molecule has 2 aromatic heterocycles. The molecule has 2 heterocycles. The first-order chi connectivity index (χ1) is 9.83. The van der Waals surface area contributed by atoms with E-state index in [1.54, 1.807) is 0 Å². The minimum atomic E-state index is -0.182. The number of para-hydroxylation sites is 1. The van der Waals surface area contributed by atoms with Crippen molar-refractivity contribution in [2.75, 3.05) is 0 Å². The summed E-state index contributed by atoms with van der Waals surface area (Å²) >= 11 is 2.56. The first-order valence-electron chi connectivity index (χ1n) is 6.15. The Morgan fingerprint density at radius 2 is 1.70 bits per heavy atom. The maximum absolute atomic E-state index is 14.2. The van der Waals surface area contributed by atoms with E-state index in [9.17, 15) is 4.39 Å². The minimum Gasteiger partial charge on any atom is -0.454 e. The Hall–Kier alpha value is -1.78. The van der Waals surface area contributed by atoms with Crippen molar-refractivity contribution in [1.29, 1.82) is 0 Å². The van der Waals surface area contributed by atoms with Gasteiger partial charge in [-0.1, -0.05) is 42.1 Å². The lowest BCUT2D eigenvalue weighted by Gasteiger charge is -1.98. The van der Waals surface area contributed by atoms with Crippen LogP contribution in [0, 0.1) is 5.13 Å². The molecular formula is C16H9FOS2. The Bertz CT molecular complexity index is 893.